The summed E-state index contributed by atoms with van der Waals surface area (Å²) in [5, 5.41) is 0. The van der Waals surface area contributed by atoms with Crippen molar-refractivity contribution in [2.45, 2.75) is 13.8 Å². The van der Waals surface area contributed by atoms with Crippen molar-refractivity contribution in [1.82, 2.24) is 0 Å². The predicted molar refractivity (Wildman–Crippen MR) is 60.3 cm³/mol. The Labute approximate surface area is 113 Å². The maximum absolute atomic E-state index is 8.88. The quantitative estimate of drug-likeness (QED) is 0.211. The first-order valence-corrected chi connectivity index (χ1v) is 6.67. The third-order valence-corrected chi connectivity index (χ3v) is 0. The van der Waals surface area contributed by atoms with Gasteiger partial charge in [-0.1, -0.05) is 12.2 Å². The van der Waals surface area contributed by atoms with Crippen LogP contribution in [-0.4, -0.2) is 29.4 Å². The molecule has 8 nitrogen and oxygen atoms in total. The molecular weight excluding hydrogens is 327 g/mol. The van der Waals surface area contributed by atoms with Crippen molar-refractivity contribution in [3.05, 3.63) is 25.3 Å². The van der Waals surface area contributed by atoms with Gasteiger partial charge in [-0.15, -0.1) is 13.2 Å². The van der Waals surface area contributed by atoms with Gasteiger partial charge in [0.15, 0.2) is 0 Å². The number of phosphoric acid groups is 2. The summed E-state index contributed by atoms with van der Waals surface area (Å²) in [5.74, 6) is 0. The van der Waals surface area contributed by atoms with Crippen LogP contribution in [0.3, 0.4) is 0 Å². The van der Waals surface area contributed by atoms with Crippen molar-refractivity contribution in [2.75, 3.05) is 0 Å². The molecule has 102 valence electrons. The molecule has 0 aromatic carbocycles. The van der Waals surface area contributed by atoms with Gasteiger partial charge in [0.2, 0.25) is 0 Å². The Balaban J connectivity index is -0.0000000381. The van der Waals surface area contributed by atoms with E-state index in [0.29, 0.717) is 0 Å². The van der Waals surface area contributed by atoms with E-state index in [-0.39, 0.29) is 19.5 Å². The number of rotatable bonds is 0. The number of hydrogen-bond donors (Lipinski definition) is 6. The van der Waals surface area contributed by atoms with Gasteiger partial charge in [-0.3, -0.25) is 0 Å². The van der Waals surface area contributed by atoms with Gasteiger partial charge in [-0.25, -0.2) is 9.13 Å². The molecule has 0 fully saturated rings. The van der Waals surface area contributed by atoms with Crippen LogP contribution in [0.4, 0.5) is 0 Å². The molecule has 0 atom stereocenters. The number of allylic oxidation sites excluding steroid dienone is 2. The van der Waals surface area contributed by atoms with Crippen molar-refractivity contribution in [3.63, 3.8) is 0 Å². The van der Waals surface area contributed by atoms with Gasteiger partial charge in [-0.05, 0) is 13.8 Å². The Morgan fingerprint density at radius 2 is 0.765 bits per heavy atom. The molecule has 0 heterocycles. The molecule has 0 aliphatic rings. The van der Waals surface area contributed by atoms with Gasteiger partial charge < -0.3 is 29.4 Å². The van der Waals surface area contributed by atoms with Crippen LogP contribution in [0.25, 0.3) is 0 Å². The fourth-order valence-corrected chi connectivity index (χ4v) is 0. The fraction of sp³-hybridized carbons (Fsp3) is 0.333. The summed E-state index contributed by atoms with van der Waals surface area (Å²) in [6, 6.07) is 0. The van der Waals surface area contributed by atoms with Crippen LogP contribution in [0, 0.1) is 0 Å². The van der Waals surface area contributed by atoms with Crippen molar-refractivity contribution in [2.24, 2.45) is 0 Å². The second-order valence-electron chi connectivity index (χ2n) is 1.84. The Morgan fingerprint density at radius 3 is 0.765 bits per heavy atom. The van der Waals surface area contributed by atoms with Crippen LogP contribution in [0.5, 0.6) is 0 Å². The van der Waals surface area contributed by atoms with Crippen molar-refractivity contribution < 1.29 is 58.0 Å². The molecule has 0 bridgehead atoms. The molecule has 0 aromatic rings. The van der Waals surface area contributed by atoms with E-state index in [1.54, 1.807) is 12.2 Å². The smallest absolute Gasteiger partial charge is 0.303 e. The molecule has 0 rings (SSSR count). The summed E-state index contributed by atoms with van der Waals surface area (Å²) in [6.45, 7) is 10.5. The summed E-state index contributed by atoms with van der Waals surface area (Å²) in [7, 11) is -9.28. The topological polar surface area (TPSA) is 156 Å². The summed E-state index contributed by atoms with van der Waals surface area (Å²) >= 11 is 0. The molecule has 0 aliphatic carbocycles. The van der Waals surface area contributed by atoms with Crippen molar-refractivity contribution >= 4 is 15.6 Å². The van der Waals surface area contributed by atoms with E-state index in [2.05, 4.69) is 13.2 Å². The van der Waals surface area contributed by atoms with Crippen LogP contribution in [0.2, 0.25) is 0 Å². The third kappa shape index (κ3) is 32000. The fourth-order valence-electron chi connectivity index (χ4n) is 0. The SMILES string of the molecule is C=CC.C=CC.O=P(O)(O)O.O=P(O)(O)O.[Zn]. The Bertz CT molecular complexity index is 202. The second kappa shape index (κ2) is 18.7. The minimum Gasteiger partial charge on any atom is -0.303 e. The summed E-state index contributed by atoms with van der Waals surface area (Å²) in [4.78, 5) is 43.1. The van der Waals surface area contributed by atoms with Crippen LogP contribution in [0.15, 0.2) is 25.3 Å². The van der Waals surface area contributed by atoms with Crippen LogP contribution >= 0.6 is 15.6 Å². The van der Waals surface area contributed by atoms with E-state index < -0.39 is 15.6 Å². The Hall–Kier alpha value is 0.323. The van der Waals surface area contributed by atoms with E-state index in [4.69, 9.17) is 38.5 Å². The van der Waals surface area contributed by atoms with E-state index in [1.807, 2.05) is 13.8 Å². The number of hydrogen-bond acceptors (Lipinski definition) is 2. The molecule has 0 unspecified atom stereocenters. The van der Waals surface area contributed by atoms with Crippen molar-refractivity contribution in [1.29, 1.82) is 0 Å². The molecule has 11 heteroatoms. The van der Waals surface area contributed by atoms with Crippen molar-refractivity contribution in [3.8, 4) is 0 Å². The Morgan fingerprint density at radius 1 is 0.765 bits per heavy atom. The van der Waals surface area contributed by atoms with Gasteiger partial charge in [-0.2, -0.15) is 0 Å². The first-order valence-electron chi connectivity index (χ1n) is 3.54. The van der Waals surface area contributed by atoms with E-state index >= 15 is 0 Å². The first kappa shape index (κ1) is 30.4. The van der Waals surface area contributed by atoms with E-state index in [0.717, 1.165) is 0 Å². The molecule has 0 radical (unpaired) electrons. The molecule has 0 amide bonds. The molecule has 17 heavy (non-hydrogen) atoms. The Kier molecular flexibility index (Phi) is 33.4. The molecule has 0 saturated carbocycles. The molecule has 0 saturated heterocycles. The van der Waals surface area contributed by atoms with Crippen LogP contribution in [0.1, 0.15) is 13.8 Å². The zero-order valence-corrected chi connectivity index (χ0v) is 14.4. The van der Waals surface area contributed by atoms with Crippen LogP contribution in [-0.2, 0) is 28.6 Å². The van der Waals surface area contributed by atoms with Crippen LogP contribution < -0.4 is 0 Å². The minimum absolute atomic E-state index is 0. The monoisotopic (exact) mass is 344 g/mol. The summed E-state index contributed by atoms with van der Waals surface area (Å²) in [6.07, 6.45) is 3.50. The van der Waals surface area contributed by atoms with E-state index in [9.17, 15) is 0 Å². The zero-order valence-electron chi connectivity index (χ0n) is 9.67. The van der Waals surface area contributed by atoms with Gasteiger partial charge in [0.1, 0.15) is 0 Å². The van der Waals surface area contributed by atoms with Gasteiger partial charge in [0.05, 0.1) is 0 Å². The van der Waals surface area contributed by atoms with Gasteiger partial charge in [0, 0.05) is 19.5 Å². The summed E-state index contributed by atoms with van der Waals surface area (Å²) < 4.78 is 17.8. The maximum Gasteiger partial charge on any atom is 0.466 e. The first-order chi connectivity index (χ1) is 6.83. The molecule has 0 aliphatic heterocycles. The normalized spacial score (nSPS) is 8.47. The molecule has 6 N–H and O–H groups in total. The molecular formula is C6H18O8P2Zn. The van der Waals surface area contributed by atoms with Gasteiger partial charge >= 0.3 is 15.6 Å². The minimum atomic E-state index is -4.64. The largest absolute Gasteiger partial charge is 0.466 e. The zero-order chi connectivity index (χ0) is 14.4. The predicted octanol–water partition coefficient (Wildman–Crippen LogP) is 0.525. The average Bonchev–Trinajstić information content (AvgIpc) is 1.79. The third-order valence-electron chi connectivity index (χ3n) is 0. The average molecular weight is 346 g/mol. The maximum atomic E-state index is 8.88. The standard InChI is InChI=1S/2C3H6.2H3O4P.Zn/c2*1-3-2;2*1-5(2,3)4;/h2*3H,1H2,2H3;2*(H3,1,2,3,4);. The van der Waals surface area contributed by atoms with Gasteiger partial charge in [0.25, 0.3) is 0 Å². The molecule has 0 spiro atoms. The van der Waals surface area contributed by atoms with E-state index in [1.165, 1.54) is 0 Å². The molecule has 0 aromatic heterocycles. The summed E-state index contributed by atoms with van der Waals surface area (Å²) in [5.41, 5.74) is 0. The second-order valence-corrected chi connectivity index (χ2v) is 3.90.